The molecule has 0 aromatic heterocycles. The van der Waals surface area contributed by atoms with E-state index in [0.29, 0.717) is 18.8 Å². The average Bonchev–Trinajstić information content (AvgIpc) is 2.53. The smallest absolute Gasteiger partial charge is 0.410 e. The number of para-hydroxylation sites is 1. The third-order valence-corrected chi connectivity index (χ3v) is 3.62. The molecule has 5 nitrogen and oxygen atoms in total. The Balaban J connectivity index is 1.58. The van der Waals surface area contributed by atoms with Gasteiger partial charge in [0.05, 0.1) is 0 Å². The molecule has 1 aliphatic rings. The van der Waals surface area contributed by atoms with Gasteiger partial charge < -0.3 is 15.4 Å². The second kappa shape index (κ2) is 8.29. The predicted molar refractivity (Wildman–Crippen MR) is 80.1 cm³/mol. The van der Waals surface area contributed by atoms with E-state index in [9.17, 15) is 9.59 Å². The molecule has 0 heterocycles. The molecule has 1 aromatic rings. The number of nitrogens with one attached hydrogen (secondary N) is 2. The highest BCUT2D eigenvalue weighted by Crippen LogP contribution is 2.23. The molecule has 1 saturated carbocycles. The lowest BCUT2D eigenvalue weighted by molar-refractivity contribution is -0.125. The standard InChI is InChI=1S/C16H22N2O3/c19-15(13-7-3-1-4-8-13)17-11-12-18-16(20)21-14-9-5-2-6-10-14/h2,5-6,9-10,13H,1,3-4,7-8,11-12H2,(H,17,19)(H,18,20). The summed E-state index contributed by atoms with van der Waals surface area (Å²) < 4.78 is 5.07. The number of ether oxygens (including phenoxy) is 1. The topological polar surface area (TPSA) is 67.4 Å². The number of rotatable bonds is 5. The Kier molecular flexibility index (Phi) is 6.06. The molecule has 0 atom stereocenters. The van der Waals surface area contributed by atoms with Crippen molar-refractivity contribution in [3.63, 3.8) is 0 Å². The summed E-state index contributed by atoms with van der Waals surface area (Å²) in [4.78, 5) is 23.4. The maximum atomic E-state index is 11.9. The molecule has 0 unspecified atom stereocenters. The quantitative estimate of drug-likeness (QED) is 0.819. The lowest BCUT2D eigenvalue weighted by Gasteiger charge is -2.20. The Morgan fingerprint density at radius 2 is 1.67 bits per heavy atom. The zero-order valence-electron chi connectivity index (χ0n) is 12.1. The van der Waals surface area contributed by atoms with Gasteiger partial charge >= 0.3 is 6.09 Å². The Bertz CT molecular complexity index is 456. The van der Waals surface area contributed by atoms with Crippen LogP contribution in [0.4, 0.5) is 4.79 Å². The van der Waals surface area contributed by atoms with E-state index in [0.717, 1.165) is 25.7 Å². The van der Waals surface area contributed by atoms with Gasteiger partial charge in [0.25, 0.3) is 0 Å². The van der Waals surface area contributed by atoms with E-state index in [4.69, 9.17) is 4.74 Å². The molecule has 1 aliphatic carbocycles. The van der Waals surface area contributed by atoms with Gasteiger partial charge in [-0.05, 0) is 25.0 Å². The van der Waals surface area contributed by atoms with Crippen molar-refractivity contribution in [2.45, 2.75) is 32.1 Å². The third kappa shape index (κ3) is 5.45. The van der Waals surface area contributed by atoms with Crippen molar-refractivity contribution < 1.29 is 14.3 Å². The number of carbonyl (C=O) groups excluding carboxylic acids is 2. The van der Waals surface area contributed by atoms with Crippen LogP contribution in [0, 0.1) is 5.92 Å². The summed E-state index contributed by atoms with van der Waals surface area (Å²) in [6.45, 7) is 0.795. The predicted octanol–water partition coefficient (Wildman–Crippen LogP) is 2.47. The van der Waals surface area contributed by atoms with Gasteiger partial charge in [-0.15, -0.1) is 0 Å². The fourth-order valence-electron chi connectivity index (χ4n) is 2.49. The Hall–Kier alpha value is -2.04. The van der Waals surface area contributed by atoms with Gasteiger partial charge in [0.15, 0.2) is 0 Å². The van der Waals surface area contributed by atoms with Crippen LogP contribution >= 0.6 is 0 Å². The third-order valence-electron chi connectivity index (χ3n) is 3.62. The highest BCUT2D eigenvalue weighted by Gasteiger charge is 2.20. The van der Waals surface area contributed by atoms with Crippen LogP contribution < -0.4 is 15.4 Å². The molecule has 5 heteroatoms. The van der Waals surface area contributed by atoms with Crippen LogP contribution in [0.1, 0.15) is 32.1 Å². The monoisotopic (exact) mass is 290 g/mol. The van der Waals surface area contributed by atoms with Crippen LogP contribution in [0.15, 0.2) is 30.3 Å². The summed E-state index contributed by atoms with van der Waals surface area (Å²) >= 11 is 0. The van der Waals surface area contributed by atoms with Crippen molar-refractivity contribution >= 4 is 12.0 Å². The minimum atomic E-state index is -0.506. The van der Waals surface area contributed by atoms with Crippen molar-refractivity contribution in [3.8, 4) is 5.75 Å². The summed E-state index contributed by atoms with van der Waals surface area (Å²) in [5, 5.41) is 5.48. The number of hydrogen-bond acceptors (Lipinski definition) is 3. The van der Waals surface area contributed by atoms with E-state index < -0.39 is 6.09 Å². The summed E-state index contributed by atoms with van der Waals surface area (Å²) in [5.74, 6) is 0.754. The molecule has 2 amide bonds. The van der Waals surface area contributed by atoms with E-state index in [1.54, 1.807) is 24.3 Å². The number of carbonyl (C=O) groups is 2. The Morgan fingerprint density at radius 1 is 1.00 bits per heavy atom. The first-order valence-electron chi connectivity index (χ1n) is 7.54. The summed E-state index contributed by atoms with van der Waals surface area (Å²) in [5.41, 5.74) is 0. The second-order valence-corrected chi connectivity index (χ2v) is 5.26. The van der Waals surface area contributed by atoms with Crippen molar-refractivity contribution in [2.75, 3.05) is 13.1 Å². The lowest BCUT2D eigenvalue weighted by atomic mass is 9.89. The van der Waals surface area contributed by atoms with Crippen molar-refractivity contribution in [3.05, 3.63) is 30.3 Å². The first kappa shape index (κ1) is 15.4. The SMILES string of the molecule is O=C(NCCNC(=O)C1CCCCC1)Oc1ccccc1. The van der Waals surface area contributed by atoms with Gasteiger partial charge in [-0.3, -0.25) is 4.79 Å². The minimum Gasteiger partial charge on any atom is -0.410 e. The van der Waals surface area contributed by atoms with Gasteiger partial charge in [0, 0.05) is 19.0 Å². The second-order valence-electron chi connectivity index (χ2n) is 5.26. The van der Waals surface area contributed by atoms with Crippen LogP contribution in [0.5, 0.6) is 5.75 Å². The first-order valence-corrected chi connectivity index (χ1v) is 7.54. The van der Waals surface area contributed by atoms with Gasteiger partial charge in [-0.1, -0.05) is 37.5 Å². The van der Waals surface area contributed by atoms with E-state index in [2.05, 4.69) is 10.6 Å². The molecule has 2 rings (SSSR count). The largest absolute Gasteiger partial charge is 0.412 e. The molecule has 21 heavy (non-hydrogen) atoms. The summed E-state index contributed by atoms with van der Waals surface area (Å²) in [7, 11) is 0. The molecule has 1 aromatic carbocycles. The van der Waals surface area contributed by atoms with Crippen LogP contribution in [0.3, 0.4) is 0 Å². The van der Waals surface area contributed by atoms with Crippen LogP contribution in [-0.2, 0) is 4.79 Å². The normalized spacial score (nSPS) is 15.2. The maximum absolute atomic E-state index is 11.9. The first-order chi connectivity index (χ1) is 10.3. The molecule has 0 saturated heterocycles. The van der Waals surface area contributed by atoms with Crippen molar-refractivity contribution in [1.82, 2.24) is 10.6 Å². The number of amides is 2. The highest BCUT2D eigenvalue weighted by molar-refractivity contribution is 5.78. The molecule has 0 bridgehead atoms. The number of benzene rings is 1. The van der Waals surface area contributed by atoms with E-state index >= 15 is 0 Å². The van der Waals surface area contributed by atoms with Crippen LogP contribution in [-0.4, -0.2) is 25.1 Å². The molecule has 114 valence electrons. The molecule has 0 aliphatic heterocycles. The Labute approximate surface area is 125 Å². The number of hydrogen-bond donors (Lipinski definition) is 2. The van der Waals surface area contributed by atoms with Gasteiger partial charge in [0.2, 0.25) is 5.91 Å². The van der Waals surface area contributed by atoms with E-state index in [1.165, 1.54) is 6.42 Å². The minimum absolute atomic E-state index is 0.105. The molecule has 0 radical (unpaired) electrons. The highest BCUT2D eigenvalue weighted by atomic mass is 16.6. The molecule has 0 spiro atoms. The van der Waals surface area contributed by atoms with E-state index in [-0.39, 0.29) is 11.8 Å². The van der Waals surface area contributed by atoms with Gasteiger partial charge in [0.1, 0.15) is 5.75 Å². The van der Waals surface area contributed by atoms with Gasteiger partial charge in [-0.25, -0.2) is 4.79 Å². The van der Waals surface area contributed by atoms with Crippen LogP contribution in [0.25, 0.3) is 0 Å². The maximum Gasteiger partial charge on any atom is 0.412 e. The average molecular weight is 290 g/mol. The molecular formula is C16H22N2O3. The molecular weight excluding hydrogens is 268 g/mol. The van der Waals surface area contributed by atoms with Gasteiger partial charge in [-0.2, -0.15) is 0 Å². The van der Waals surface area contributed by atoms with Crippen molar-refractivity contribution in [1.29, 1.82) is 0 Å². The lowest BCUT2D eigenvalue weighted by Crippen LogP contribution is -2.38. The fraction of sp³-hybridized carbons (Fsp3) is 0.500. The summed E-state index contributed by atoms with van der Waals surface area (Å²) in [6, 6.07) is 8.88. The molecule has 1 fully saturated rings. The fourth-order valence-corrected chi connectivity index (χ4v) is 2.49. The van der Waals surface area contributed by atoms with Crippen LogP contribution in [0.2, 0.25) is 0 Å². The summed E-state index contributed by atoms with van der Waals surface area (Å²) in [6.07, 6.45) is 4.97. The molecule has 2 N–H and O–H groups in total. The zero-order chi connectivity index (χ0) is 14.9. The Morgan fingerprint density at radius 3 is 2.38 bits per heavy atom. The zero-order valence-corrected chi connectivity index (χ0v) is 12.1. The van der Waals surface area contributed by atoms with Crippen molar-refractivity contribution in [2.24, 2.45) is 5.92 Å². The van der Waals surface area contributed by atoms with E-state index in [1.807, 2.05) is 6.07 Å².